The quantitative estimate of drug-likeness (QED) is 0.518. The highest BCUT2D eigenvalue weighted by Gasteiger charge is 2.41. The molecule has 2 atom stereocenters. The monoisotopic (exact) mass is 489 g/mol. The van der Waals surface area contributed by atoms with Gasteiger partial charge in [-0.25, -0.2) is 0 Å². The maximum Gasteiger partial charge on any atom is 0.170 e. The molecular weight excluding hydrogens is 454 g/mol. The highest BCUT2D eigenvalue weighted by atomic mass is 32.1. The largest absolute Gasteiger partial charge is 0.379 e. The van der Waals surface area contributed by atoms with Crippen molar-refractivity contribution >= 4 is 17.3 Å². The summed E-state index contributed by atoms with van der Waals surface area (Å²) >= 11 is 5.91. The summed E-state index contributed by atoms with van der Waals surface area (Å²) < 4.78 is 7.94. The van der Waals surface area contributed by atoms with Crippen LogP contribution in [0.2, 0.25) is 0 Å². The fourth-order valence-corrected chi connectivity index (χ4v) is 5.83. The van der Waals surface area contributed by atoms with Gasteiger partial charge in [0.15, 0.2) is 5.11 Å². The molecule has 4 heterocycles. The molecular formula is C28H35N5OS. The van der Waals surface area contributed by atoms with Crippen molar-refractivity contribution in [3.05, 3.63) is 82.4 Å². The molecule has 2 saturated heterocycles. The Morgan fingerprint density at radius 2 is 1.83 bits per heavy atom. The highest BCUT2D eigenvalue weighted by molar-refractivity contribution is 7.80. The molecule has 2 aliphatic rings. The Hall–Kier alpha value is -2.74. The molecule has 0 amide bonds. The van der Waals surface area contributed by atoms with E-state index in [4.69, 9.17) is 21.9 Å². The number of thiocarbonyl (C=S) groups is 1. The minimum absolute atomic E-state index is 0.000876. The van der Waals surface area contributed by atoms with Crippen LogP contribution in [0.25, 0.3) is 5.69 Å². The zero-order valence-electron chi connectivity index (χ0n) is 21.1. The third-order valence-electron chi connectivity index (χ3n) is 7.56. The predicted octanol–water partition coefficient (Wildman–Crippen LogP) is 4.41. The van der Waals surface area contributed by atoms with Crippen molar-refractivity contribution in [3.63, 3.8) is 0 Å². The molecule has 5 rings (SSSR count). The highest BCUT2D eigenvalue weighted by Crippen LogP contribution is 2.41. The standard InChI is InChI=1S/C28H35N5OS/c1-19-8-7-10-25(21(19)3)33-20(2)18-23(22(33)4)27-26(24-9-5-6-11-29-24)30-28(35)32(27)13-12-31-14-16-34-17-15-31/h5-11,18,26-27H,12-17H2,1-4H3,(H,30,35)/t26-,27-/m0/s1. The summed E-state index contributed by atoms with van der Waals surface area (Å²) in [5.41, 5.74) is 8.67. The molecule has 0 aliphatic carbocycles. The number of hydrogen-bond donors (Lipinski definition) is 1. The van der Waals surface area contributed by atoms with Gasteiger partial charge in [-0.2, -0.15) is 0 Å². The van der Waals surface area contributed by atoms with Gasteiger partial charge < -0.3 is 19.5 Å². The van der Waals surface area contributed by atoms with E-state index in [1.54, 1.807) is 0 Å². The molecule has 0 radical (unpaired) electrons. The van der Waals surface area contributed by atoms with Crippen LogP contribution in [0.5, 0.6) is 0 Å². The Morgan fingerprint density at radius 3 is 2.57 bits per heavy atom. The van der Waals surface area contributed by atoms with Crippen molar-refractivity contribution in [2.75, 3.05) is 39.4 Å². The van der Waals surface area contributed by atoms with Gasteiger partial charge in [-0.3, -0.25) is 9.88 Å². The first kappa shape index (κ1) is 24.0. The van der Waals surface area contributed by atoms with Gasteiger partial charge in [-0.15, -0.1) is 0 Å². The van der Waals surface area contributed by atoms with Crippen molar-refractivity contribution in [2.45, 2.75) is 39.8 Å². The summed E-state index contributed by atoms with van der Waals surface area (Å²) in [6.07, 6.45) is 1.87. The summed E-state index contributed by atoms with van der Waals surface area (Å²) in [7, 11) is 0. The van der Waals surface area contributed by atoms with E-state index in [1.807, 2.05) is 12.3 Å². The van der Waals surface area contributed by atoms with Crippen molar-refractivity contribution in [3.8, 4) is 5.69 Å². The molecule has 2 fully saturated rings. The molecule has 0 bridgehead atoms. The van der Waals surface area contributed by atoms with Crippen molar-refractivity contribution < 1.29 is 4.74 Å². The second-order valence-electron chi connectivity index (χ2n) is 9.65. The van der Waals surface area contributed by atoms with Gasteiger partial charge in [0.1, 0.15) is 0 Å². The molecule has 0 unspecified atom stereocenters. The van der Waals surface area contributed by atoms with Crippen molar-refractivity contribution in [1.29, 1.82) is 0 Å². The number of aryl methyl sites for hydroxylation is 2. The third kappa shape index (κ3) is 4.60. The summed E-state index contributed by atoms with van der Waals surface area (Å²) in [6, 6.07) is 15.1. The third-order valence-corrected chi connectivity index (χ3v) is 7.92. The van der Waals surface area contributed by atoms with E-state index < -0.39 is 0 Å². The zero-order chi connectivity index (χ0) is 24.5. The van der Waals surface area contributed by atoms with Crippen LogP contribution in [0, 0.1) is 27.7 Å². The molecule has 2 aromatic heterocycles. The van der Waals surface area contributed by atoms with E-state index >= 15 is 0 Å². The fraction of sp³-hybridized carbons (Fsp3) is 0.429. The van der Waals surface area contributed by atoms with Crippen LogP contribution in [0.4, 0.5) is 0 Å². The van der Waals surface area contributed by atoms with Crippen LogP contribution in [0.3, 0.4) is 0 Å². The minimum Gasteiger partial charge on any atom is -0.379 e. The zero-order valence-corrected chi connectivity index (χ0v) is 21.9. The van der Waals surface area contributed by atoms with Crippen molar-refractivity contribution in [2.24, 2.45) is 0 Å². The second-order valence-corrected chi connectivity index (χ2v) is 10.0. The Kier molecular flexibility index (Phi) is 6.91. The molecule has 1 aromatic carbocycles. The average Bonchev–Trinajstić information content (AvgIpc) is 3.35. The number of hydrogen-bond acceptors (Lipinski definition) is 4. The van der Waals surface area contributed by atoms with Gasteiger partial charge in [0.2, 0.25) is 0 Å². The number of pyridine rings is 1. The van der Waals surface area contributed by atoms with Crippen LogP contribution in [-0.2, 0) is 4.74 Å². The number of benzene rings is 1. The van der Waals surface area contributed by atoms with E-state index in [2.05, 4.69) is 83.8 Å². The topological polar surface area (TPSA) is 45.6 Å². The maximum atomic E-state index is 5.91. The maximum absolute atomic E-state index is 5.91. The van der Waals surface area contributed by atoms with Gasteiger partial charge in [-0.1, -0.05) is 18.2 Å². The van der Waals surface area contributed by atoms with Gasteiger partial charge in [-0.05, 0) is 80.9 Å². The lowest BCUT2D eigenvalue weighted by Crippen LogP contribution is -2.42. The molecule has 0 spiro atoms. The fourth-order valence-electron chi connectivity index (χ4n) is 5.49. The Bertz CT molecular complexity index is 1200. The number of morpholine rings is 1. The number of nitrogens with one attached hydrogen (secondary N) is 1. The van der Waals surface area contributed by atoms with Crippen LogP contribution in [-0.4, -0.2) is 63.9 Å². The molecule has 184 valence electrons. The molecule has 3 aromatic rings. The van der Waals surface area contributed by atoms with E-state index in [9.17, 15) is 0 Å². The second kappa shape index (κ2) is 10.1. The predicted molar refractivity (Wildman–Crippen MR) is 144 cm³/mol. The number of aromatic nitrogens is 2. The lowest BCUT2D eigenvalue weighted by Gasteiger charge is -2.32. The van der Waals surface area contributed by atoms with Gasteiger partial charge in [0.25, 0.3) is 0 Å². The van der Waals surface area contributed by atoms with Gasteiger partial charge in [0.05, 0.1) is 31.0 Å². The summed E-state index contributed by atoms with van der Waals surface area (Å²) in [5, 5.41) is 4.42. The SMILES string of the molecule is Cc1cccc(-n2c(C)cc([C@H]3[C@H](c4ccccn4)NC(=S)N3CCN3CCOCC3)c2C)c1C. The van der Waals surface area contributed by atoms with Crippen LogP contribution in [0.15, 0.2) is 48.7 Å². The van der Waals surface area contributed by atoms with Crippen LogP contribution >= 0.6 is 12.2 Å². The lowest BCUT2D eigenvalue weighted by molar-refractivity contribution is 0.0350. The molecule has 6 nitrogen and oxygen atoms in total. The number of ether oxygens (including phenoxy) is 1. The Morgan fingerprint density at radius 1 is 1.03 bits per heavy atom. The smallest absolute Gasteiger partial charge is 0.170 e. The molecule has 35 heavy (non-hydrogen) atoms. The van der Waals surface area contributed by atoms with Crippen molar-refractivity contribution in [1.82, 2.24) is 24.7 Å². The van der Waals surface area contributed by atoms with E-state index in [1.165, 1.54) is 33.8 Å². The first-order chi connectivity index (χ1) is 17.0. The normalized spacial score (nSPS) is 20.9. The van der Waals surface area contributed by atoms with E-state index in [-0.39, 0.29) is 12.1 Å². The molecule has 7 heteroatoms. The first-order valence-electron chi connectivity index (χ1n) is 12.5. The lowest BCUT2D eigenvalue weighted by atomic mass is 9.96. The Balaban J connectivity index is 1.55. The molecule has 2 aliphatic heterocycles. The first-order valence-corrected chi connectivity index (χ1v) is 12.9. The van der Waals surface area contributed by atoms with Gasteiger partial charge in [0, 0.05) is 49.5 Å². The van der Waals surface area contributed by atoms with Crippen LogP contribution < -0.4 is 5.32 Å². The van der Waals surface area contributed by atoms with Gasteiger partial charge >= 0.3 is 0 Å². The Labute approximate surface area is 213 Å². The molecule has 0 saturated carbocycles. The average molecular weight is 490 g/mol. The van der Waals surface area contributed by atoms with E-state index in [0.29, 0.717) is 0 Å². The summed E-state index contributed by atoms with van der Waals surface area (Å²) in [4.78, 5) is 9.56. The van der Waals surface area contributed by atoms with Crippen LogP contribution in [0.1, 0.15) is 45.9 Å². The molecule has 1 N–H and O–H groups in total. The minimum atomic E-state index is 0.000876. The number of rotatable bonds is 6. The summed E-state index contributed by atoms with van der Waals surface area (Å²) in [5.74, 6) is 0. The number of nitrogens with zero attached hydrogens (tertiary/aromatic N) is 4. The summed E-state index contributed by atoms with van der Waals surface area (Å²) in [6.45, 7) is 14.2. The van der Waals surface area contributed by atoms with E-state index in [0.717, 1.165) is 50.2 Å².